The lowest BCUT2D eigenvalue weighted by Crippen LogP contribution is -2.46. The molecule has 4 rings (SSSR count). The summed E-state index contributed by atoms with van der Waals surface area (Å²) < 4.78 is 0. The molecule has 1 saturated heterocycles. The van der Waals surface area contributed by atoms with Crippen LogP contribution in [0, 0.1) is 0 Å². The normalized spacial score (nSPS) is 15.1. The molecule has 2 aromatic heterocycles. The number of carbonyl (C=O) groups excluding carboxylic acids is 1. The molecule has 1 aliphatic heterocycles. The molecule has 6 heteroatoms. The molecule has 1 aliphatic rings. The minimum Gasteiger partial charge on any atom is -0.342 e. The lowest BCUT2D eigenvalue weighted by Gasteiger charge is -2.36. The first-order valence-corrected chi connectivity index (χ1v) is 11.9. The van der Waals surface area contributed by atoms with Crippen LogP contribution in [0.1, 0.15) is 34.8 Å². The molecule has 0 spiro atoms. The van der Waals surface area contributed by atoms with Gasteiger partial charge >= 0.3 is 0 Å². The van der Waals surface area contributed by atoms with Crippen LogP contribution in [0.3, 0.4) is 0 Å². The second kappa shape index (κ2) is 10.6. The van der Waals surface area contributed by atoms with Gasteiger partial charge in [0.05, 0.1) is 17.1 Å². The van der Waals surface area contributed by atoms with Crippen molar-refractivity contribution in [2.24, 2.45) is 0 Å². The molecule has 0 aliphatic carbocycles. The minimum absolute atomic E-state index is 0.170. The number of thiazole rings is 1. The highest BCUT2D eigenvalue weighted by Crippen LogP contribution is 2.19. The molecule has 162 valence electrons. The van der Waals surface area contributed by atoms with E-state index in [2.05, 4.69) is 28.1 Å². The van der Waals surface area contributed by atoms with Gasteiger partial charge in [0, 0.05) is 62.8 Å². The molecule has 3 heterocycles. The van der Waals surface area contributed by atoms with Crippen molar-refractivity contribution in [3.05, 3.63) is 82.1 Å². The number of hydrogen-bond donors (Lipinski definition) is 0. The van der Waals surface area contributed by atoms with Crippen molar-refractivity contribution in [1.29, 1.82) is 0 Å². The van der Waals surface area contributed by atoms with Gasteiger partial charge in [-0.05, 0) is 30.5 Å². The van der Waals surface area contributed by atoms with Gasteiger partial charge in [0.15, 0.2) is 0 Å². The third-order valence-corrected chi connectivity index (χ3v) is 6.94. The molecular weight excluding hydrogens is 404 g/mol. The van der Waals surface area contributed by atoms with Gasteiger partial charge in [0.2, 0.25) is 5.91 Å². The van der Waals surface area contributed by atoms with E-state index in [1.807, 2.05) is 53.9 Å². The van der Waals surface area contributed by atoms with Gasteiger partial charge in [-0.15, -0.1) is 11.3 Å². The lowest BCUT2D eigenvalue weighted by molar-refractivity contribution is -0.132. The van der Waals surface area contributed by atoms with Crippen molar-refractivity contribution < 1.29 is 4.79 Å². The third kappa shape index (κ3) is 6.21. The molecule has 1 aromatic carbocycles. The minimum atomic E-state index is 0.170. The summed E-state index contributed by atoms with van der Waals surface area (Å²) in [6, 6.07) is 16.8. The maximum Gasteiger partial charge on any atom is 0.228 e. The predicted octanol–water partition coefficient (Wildman–Crippen LogP) is 3.84. The van der Waals surface area contributed by atoms with E-state index in [1.165, 1.54) is 5.56 Å². The molecule has 0 N–H and O–H groups in total. The molecule has 1 amide bonds. The summed E-state index contributed by atoms with van der Waals surface area (Å²) in [6.45, 7) is 3.10. The standard InChI is InChI=1S/C25H30N4OS/c1-28(23-11-15-29(16-12-23)14-10-21-9-5-6-13-26-21)25(30)18-22-19-31-24(27-22)17-20-7-3-2-4-8-20/h2-9,13,19,23H,10-12,14-18H2,1H3. The Balaban J connectivity index is 1.22. The summed E-state index contributed by atoms with van der Waals surface area (Å²) in [4.78, 5) is 26.4. The summed E-state index contributed by atoms with van der Waals surface area (Å²) in [7, 11) is 1.95. The zero-order valence-electron chi connectivity index (χ0n) is 18.1. The average Bonchev–Trinajstić information content (AvgIpc) is 3.25. The molecule has 31 heavy (non-hydrogen) atoms. The molecule has 3 aromatic rings. The van der Waals surface area contributed by atoms with Crippen LogP contribution in [0.4, 0.5) is 0 Å². The van der Waals surface area contributed by atoms with Gasteiger partial charge < -0.3 is 9.80 Å². The summed E-state index contributed by atoms with van der Waals surface area (Å²) >= 11 is 1.64. The van der Waals surface area contributed by atoms with E-state index >= 15 is 0 Å². The number of pyridine rings is 1. The molecule has 0 atom stereocenters. The molecule has 0 unspecified atom stereocenters. The van der Waals surface area contributed by atoms with E-state index in [0.717, 1.165) is 61.7 Å². The Labute approximate surface area is 188 Å². The fraction of sp³-hybridized carbons (Fsp3) is 0.400. The SMILES string of the molecule is CN(C(=O)Cc1csc(Cc2ccccc2)n1)C1CCN(CCc2ccccn2)CC1. The van der Waals surface area contributed by atoms with Crippen molar-refractivity contribution in [2.75, 3.05) is 26.7 Å². The fourth-order valence-electron chi connectivity index (χ4n) is 4.11. The van der Waals surface area contributed by atoms with Crippen LogP contribution in [0.2, 0.25) is 0 Å². The van der Waals surface area contributed by atoms with E-state index in [9.17, 15) is 4.79 Å². The van der Waals surface area contributed by atoms with Gasteiger partial charge in [-0.2, -0.15) is 0 Å². The fourth-order valence-corrected chi connectivity index (χ4v) is 4.94. The van der Waals surface area contributed by atoms with Crippen molar-refractivity contribution in [3.63, 3.8) is 0 Å². The first-order chi connectivity index (χ1) is 15.2. The Bertz CT molecular complexity index is 952. The average molecular weight is 435 g/mol. The van der Waals surface area contributed by atoms with Crippen LogP contribution in [0.15, 0.2) is 60.1 Å². The van der Waals surface area contributed by atoms with Crippen LogP contribution >= 0.6 is 11.3 Å². The van der Waals surface area contributed by atoms with E-state index in [-0.39, 0.29) is 5.91 Å². The molecule has 5 nitrogen and oxygen atoms in total. The first kappa shape index (κ1) is 21.7. The maximum absolute atomic E-state index is 12.8. The number of hydrogen-bond acceptors (Lipinski definition) is 5. The van der Waals surface area contributed by atoms with Crippen LogP contribution in [0.25, 0.3) is 0 Å². The van der Waals surface area contributed by atoms with E-state index in [0.29, 0.717) is 12.5 Å². The van der Waals surface area contributed by atoms with E-state index < -0.39 is 0 Å². The van der Waals surface area contributed by atoms with Crippen LogP contribution in [-0.4, -0.2) is 58.4 Å². The number of benzene rings is 1. The van der Waals surface area contributed by atoms with Gasteiger partial charge in [0.1, 0.15) is 0 Å². The monoisotopic (exact) mass is 434 g/mol. The Kier molecular flexibility index (Phi) is 7.43. The summed E-state index contributed by atoms with van der Waals surface area (Å²) in [5.74, 6) is 0.170. The lowest BCUT2D eigenvalue weighted by atomic mass is 10.0. The van der Waals surface area contributed by atoms with Gasteiger partial charge in [-0.25, -0.2) is 4.98 Å². The van der Waals surface area contributed by atoms with Gasteiger partial charge in [0.25, 0.3) is 0 Å². The Morgan fingerprint density at radius 3 is 2.61 bits per heavy atom. The number of amides is 1. The van der Waals surface area contributed by atoms with Gasteiger partial charge in [-0.3, -0.25) is 9.78 Å². The second-order valence-electron chi connectivity index (χ2n) is 8.22. The smallest absolute Gasteiger partial charge is 0.228 e. The highest BCUT2D eigenvalue weighted by atomic mass is 32.1. The first-order valence-electron chi connectivity index (χ1n) is 11.0. The van der Waals surface area contributed by atoms with Crippen LogP contribution in [0.5, 0.6) is 0 Å². The number of piperidine rings is 1. The number of likely N-dealkylation sites (N-methyl/N-ethyl adjacent to an activating group) is 1. The molecule has 0 radical (unpaired) electrons. The number of aromatic nitrogens is 2. The number of likely N-dealkylation sites (tertiary alicyclic amines) is 1. The molecule has 0 bridgehead atoms. The largest absolute Gasteiger partial charge is 0.342 e. The summed E-state index contributed by atoms with van der Waals surface area (Å²) in [5, 5.41) is 3.10. The zero-order chi connectivity index (χ0) is 21.5. The number of nitrogens with zero attached hydrogens (tertiary/aromatic N) is 4. The van der Waals surface area contributed by atoms with E-state index in [1.54, 1.807) is 11.3 Å². The summed E-state index contributed by atoms with van der Waals surface area (Å²) in [6.07, 6.45) is 6.11. The second-order valence-corrected chi connectivity index (χ2v) is 9.16. The van der Waals surface area contributed by atoms with Gasteiger partial charge in [-0.1, -0.05) is 36.4 Å². The van der Waals surface area contributed by atoms with E-state index in [4.69, 9.17) is 4.98 Å². The highest BCUT2D eigenvalue weighted by Gasteiger charge is 2.25. The quantitative estimate of drug-likeness (QED) is 0.541. The van der Waals surface area contributed by atoms with Crippen LogP contribution < -0.4 is 0 Å². The molecule has 0 saturated carbocycles. The predicted molar refractivity (Wildman–Crippen MR) is 125 cm³/mol. The van der Waals surface area contributed by atoms with Crippen molar-refractivity contribution in [3.8, 4) is 0 Å². The molecule has 1 fully saturated rings. The Morgan fingerprint density at radius 1 is 1.10 bits per heavy atom. The number of carbonyl (C=O) groups is 1. The number of rotatable bonds is 8. The highest BCUT2D eigenvalue weighted by molar-refractivity contribution is 7.09. The third-order valence-electron chi connectivity index (χ3n) is 6.04. The van der Waals surface area contributed by atoms with Crippen LogP contribution in [-0.2, 0) is 24.1 Å². The van der Waals surface area contributed by atoms with Crippen molar-refractivity contribution >= 4 is 17.2 Å². The Hall–Kier alpha value is -2.57. The topological polar surface area (TPSA) is 49.3 Å². The zero-order valence-corrected chi connectivity index (χ0v) is 18.9. The molecular formula is C25H30N4OS. The Morgan fingerprint density at radius 2 is 1.87 bits per heavy atom. The van der Waals surface area contributed by atoms with Crippen molar-refractivity contribution in [1.82, 2.24) is 19.8 Å². The van der Waals surface area contributed by atoms with Crippen molar-refractivity contribution in [2.45, 2.75) is 38.1 Å². The maximum atomic E-state index is 12.8. The summed E-state index contributed by atoms with van der Waals surface area (Å²) in [5.41, 5.74) is 3.29.